The summed E-state index contributed by atoms with van der Waals surface area (Å²) in [6.07, 6.45) is -0.945. The number of carbonyl (C=O) groups is 1. The summed E-state index contributed by atoms with van der Waals surface area (Å²) in [7, 11) is -5.87. The molecule has 6 heteroatoms. The molecule has 0 aromatic heterocycles. The first-order chi connectivity index (χ1) is 21.4. The van der Waals surface area contributed by atoms with Crippen molar-refractivity contribution in [3.63, 3.8) is 0 Å². The van der Waals surface area contributed by atoms with E-state index in [1.807, 2.05) is 24.3 Å². The Morgan fingerprint density at radius 1 is 0.533 bits per heavy atom. The quantitative estimate of drug-likeness (QED) is 0.191. The van der Waals surface area contributed by atoms with Crippen LogP contribution in [0.15, 0.2) is 121 Å². The van der Waals surface area contributed by atoms with Crippen LogP contribution in [0.2, 0.25) is 10.1 Å². The smallest absolute Gasteiger partial charge is 0.261 e. The summed E-state index contributed by atoms with van der Waals surface area (Å²) in [5.41, 5.74) is 0. The largest absolute Gasteiger partial charge is 0.404 e. The van der Waals surface area contributed by atoms with Gasteiger partial charge in [0.05, 0.1) is 12.2 Å². The Morgan fingerprint density at radius 2 is 0.844 bits per heavy atom. The van der Waals surface area contributed by atoms with Crippen molar-refractivity contribution in [1.82, 2.24) is 0 Å². The van der Waals surface area contributed by atoms with Gasteiger partial charge < -0.3 is 14.0 Å². The lowest BCUT2D eigenvalue weighted by atomic mass is 10.1. The summed E-state index contributed by atoms with van der Waals surface area (Å²) in [5, 5.41) is 15.5. The van der Waals surface area contributed by atoms with Crippen LogP contribution < -0.4 is 20.7 Å². The summed E-state index contributed by atoms with van der Waals surface area (Å²) in [6.45, 7) is 13.5. The molecule has 1 aliphatic rings. The molecule has 4 nitrogen and oxygen atoms in total. The summed E-state index contributed by atoms with van der Waals surface area (Å²) in [6, 6.07) is 42.2. The highest BCUT2D eigenvalue weighted by Crippen LogP contribution is 2.41. The fraction of sp³-hybridized carbons (Fsp3) is 0.359. The molecule has 0 radical (unpaired) electrons. The number of aliphatic hydroxyl groups is 1. The van der Waals surface area contributed by atoms with Crippen LogP contribution in [0, 0.1) is 0 Å². The van der Waals surface area contributed by atoms with E-state index < -0.39 is 28.8 Å². The standard InChI is InChI=1S/C39H48O4Si2/c1-38(2,3)44(32-19-11-7-12-20-32,33-21-13-8-14-22-33)42-30-27-31(29-37(41)36(40)28-30)43-45(39(4,5)6,34-23-15-9-16-24-34)35-25-17-10-18-26-35/h7-26,30-31,36,40H,27-29H2,1-6H3. The van der Waals surface area contributed by atoms with E-state index in [0.717, 1.165) is 0 Å². The van der Waals surface area contributed by atoms with Crippen LogP contribution in [0.5, 0.6) is 0 Å². The maximum absolute atomic E-state index is 13.5. The molecule has 1 saturated carbocycles. The second-order valence-corrected chi connectivity index (χ2v) is 23.0. The molecule has 0 saturated heterocycles. The van der Waals surface area contributed by atoms with Crippen molar-refractivity contribution in [3.05, 3.63) is 121 Å². The SMILES string of the molecule is CC(C)(C)[Si](OC1CC(=O)C(O)CC(O[Si](c2ccccc2)(c2ccccc2)C(C)(C)C)C1)(c1ccccc1)c1ccccc1. The molecular weight excluding hydrogens is 589 g/mol. The zero-order valence-corrected chi connectivity index (χ0v) is 29.6. The summed E-state index contributed by atoms with van der Waals surface area (Å²) >= 11 is 0. The molecule has 3 unspecified atom stereocenters. The van der Waals surface area contributed by atoms with E-state index in [-0.39, 0.29) is 34.8 Å². The first kappa shape index (κ1) is 33.2. The first-order valence-corrected chi connectivity index (χ1v) is 20.0. The van der Waals surface area contributed by atoms with Crippen molar-refractivity contribution < 1.29 is 18.8 Å². The minimum Gasteiger partial charge on any atom is -0.404 e. The van der Waals surface area contributed by atoms with Gasteiger partial charge in [-0.05, 0) is 37.2 Å². The molecular formula is C39H48O4Si2. The van der Waals surface area contributed by atoms with E-state index in [4.69, 9.17) is 8.85 Å². The predicted molar refractivity (Wildman–Crippen MR) is 190 cm³/mol. The van der Waals surface area contributed by atoms with Crippen LogP contribution in [0.3, 0.4) is 0 Å². The van der Waals surface area contributed by atoms with Crippen LogP contribution in [-0.2, 0) is 13.6 Å². The lowest BCUT2D eigenvalue weighted by molar-refractivity contribution is -0.128. The van der Waals surface area contributed by atoms with E-state index >= 15 is 0 Å². The summed E-state index contributed by atoms with van der Waals surface area (Å²) in [5.74, 6) is -0.175. The highest BCUT2D eigenvalue weighted by molar-refractivity contribution is 7.00. The molecule has 3 atom stereocenters. The lowest BCUT2D eigenvalue weighted by Crippen LogP contribution is -2.68. The van der Waals surface area contributed by atoms with E-state index in [0.29, 0.717) is 6.42 Å². The molecule has 0 spiro atoms. The topological polar surface area (TPSA) is 55.8 Å². The third kappa shape index (κ3) is 6.58. The molecule has 4 aromatic rings. The van der Waals surface area contributed by atoms with E-state index in [9.17, 15) is 9.90 Å². The van der Waals surface area contributed by atoms with Gasteiger partial charge in [0.25, 0.3) is 16.6 Å². The van der Waals surface area contributed by atoms with Gasteiger partial charge in [-0.15, -0.1) is 0 Å². The zero-order valence-electron chi connectivity index (χ0n) is 27.6. The predicted octanol–water partition coefficient (Wildman–Crippen LogP) is 5.99. The third-order valence-corrected chi connectivity index (χ3v) is 19.5. The fourth-order valence-corrected chi connectivity index (χ4v) is 16.7. The average molecular weight is 637 g/mol. The van der Waals surface area contributed by atoms with E-state index in [1.54, 1.807) is 0 Å². The Bertz CT molecular complexity index is 1450. The molecule has 0 heterocycles. The number of aliphatic hydroxyl groups excluding tert-OH is 1. The van der Waals surface area contributed by atoms with Crippen LogP contribution >= 0.6 is 0 Å². The minimum atomic E-state index is -2.94. The second-order valence-electron chi connectivity index (χ2n) is 14.5. The molecule has 0 bridgehead atoms. The number of Topliss-reactive ketones (excluding diaryl/α,β-unsaturated/α-hetero) is 1. The lowest BCUT2D eigenvalue weighted by Gasteiger charge is -2.47. The molecule has 1 N–H and O–H groups in total. The fourth-order valence-electron chi connectivity index (χ4n) is 7.28. The van der Waals surface area contributed by atoms with Crippen molar-refractivity contribution in [1.29, 1.82) is 0 Å². The highest BCUT2D eigenvalue weighted by Gasteiger charge is 2.54. The van der Waals surface area contributed by atoms with Crippen LogP contribution in [0.4, 0.5) is 0 Å². The van der Waals surface area contributed by atoms with E-state index in [2.05, 4.69) is 139 Å². The summed E-state index contributed by atoms with van der Waals surface area (Å²) in [4.78, 5) is 13.5. The number of ketones is 1. The molecule has 5 rings (SSSR count). The minimum absolute atomic E-state index is 0.159. The van der Waals surface area contributed by atoms with Crippen molar-refractivity contribution in [3.8, 4) is 0 Å². The number of benzene rings is 4. The van der Waals surface area contributed by atoms with Crippen molar-refractivity contribution in [2.75, 3.05) is 0 Å². The molecule has 45 heavy (non-hydrogen) atoms. The Morgan fingerprint density at radius 3 is 1.16 bits per heavy atom. The molecule has 4 aromatic carbocycles. The molecule has 0 amide bonds. The van der Waals surface area contributed by atoms with Gasteiger partial charge in [0.2, 0.25) is 0 Å². The van der Waals surface area contributed by atoms with Gasteiger partial charge in [-0.1, -0.05) is 163 Å². The molecule has 0 aliphatic heterocycles. The Labute approximate surface area is 271 Å². The first-order valence-electron chi connectivity index (χ1n) is 16.2. The normalized spacial score (nSPS) is 20.1. The van der Waals surface area contributed by atoms with Crippen molar-refractivity contribution in [2.45, 2.75) is 89.2 Å². The summed E-state index contributed by atoms with van der Waals surface area (Å²) < 4.78 is 15.0. The van der Waals surface area contributed by atoms with Gasteiger partial charge >= 0.3 is 0 Å². The van der Waals surface area contributed by atoms with Crippen LogP contribution in [0.1, 0.15) is 60.8 Å². The van der Waals surface area contributed by atoms with Gasteiger partial charge in [0.1, 0.15) is 6.10 Å². The third-order valence-electron chi connectivity index (χ3n) is 9.33. The highest BCUT2D eigenvalue weighted by atomic mass is 28.4. The molecule has 236 valence electrons. The number of rotatable bonds is 8. The Hall–Kier alpha value is -3.14. The zero-order chi connectivity index (χ0) is 32.3. The Kier molecular flexibility index (Phi) is 9.83. The van der Waals surface area contributed by atoms with Crippen molar-refractivity contribution >= 4 is 43.2 Å². The van der Waals surface area contributed by atoms with Crippen LogP contribution in [0.25, 0.3) is 0 Å². The monoisotopic (exact) mass is 636 g/mol. The number of hydrogen-bond donors (Lipinski definition) is 1. The van der Waals surface area contributed by atoms with Crippen LogP contribution in [-0.4, -0.2) is 45.8 Å². The van der Waals surface area contributed by atoms with Gasteiger partial charge in [0.15, 0.2) is 5.78 Å². The number of carbonyl (C=O) groups excluding carboxylic acids is 1. The maximum Gasteiger partial charge on any atom is 0.261 e. The van der Waals surface area contributed by atoms with Gasteiger partial charge in [-0.25, -0.2) is 0 Å². The maximum atomic E-state index is 13.5. The van der Waals surface area contributed by atoms with Gasteiger partial charge in [-0.3, -0.25) is 4.79 Å². The van der Waals surface area contributed by atoms with E-state index in [1.165, 1.54) is 20.7 Å². The Balaban J connectivity index is 1.62. The number of hydrogen-bond acceptors (Lipinski definition) is 4. The van der Waals surface area contributed by atoms with Gasteiger partial charge in [0, 0.05) is 12.8 Å². The molecule has 1 aliphatic carbocycles. The van der Waals surface area contributed by atoms with Gasteiger partial charge in [-0.2, -0.15) is 0 Å². The van der Waals surface area contributed by atoms with Crippen molar-refractivity contribution in [2.24, 2.45) is 0 Å². The second kappa shape index (κ2) is 13.3. The average Bonchev–Trinajstić information content (AvgIpc) is 3.15. The molecule has 1 fully saturated rings.